The second kappa shape index (κ2) is 7.17. The number of aromatic nitrogens is 1. The van der Waals surface area contributed by atoms with Gasteiger partial charge in [0, 0.05) is 24.5 Å². The minimum absolute atomic E-state index is 0.0988. The molecule has 0 fully saturated rings. The number of benzene rings is 2. The summed E-state index contributed by atoms with van der Waals surface area (Å²) >= 11 is 1.48. The first-order valence-electron chi connectivity index (χ1n) is 8.35. The molecule has 1 amide bonds. The molecule has 5 nitrogen and oxygen atoms in total. The van der Waals surface area contributed by atoms with E-state index in [0.29, 0.717) is 25.5 Å². The summed E-state index contributed by atoms with van der Waals surface area (Å²) in [5.74, 6) is 1.38. The monoisotopic (exact) mass is 366 g/mol. The van der Waals surface area contributed by atoms with Crippen LogP contribution < -0.4 is 9.47 Å². The third-order valence-electron chi connectivity index (χ3n) is 4.12. The Morgan fingerprint density at radius 2 is 1.88 bits per heavy atom. The molecule has 0 unspecified atom stereocenters. The number of nitrogens with zero attached hydrogens (tertiary/aromatic N) is 2. The highest BCUT2D eigenvalue weighted by Crippen LogP contribution is 2.31. The molecule has 0 aliphatic carbocycles. The molecule has 0 bridgehead atoms. The number of thiazole rings is 1. The van der Waals surface area contributed by atoms with Crippen molar-refractivity contribution in [2.75, 3.05) is 20.3 Å². The summed E-state index contributed by atoms with van der Waals surface area (Å²) in [6, 6.07) is 15.6. The van der Waals surface area contributed by atoms with E-state index in [-0.39, 0.29) is 5.91 Å². The van der Waals surface area contributed by atoms with Crippen molar-refractivity contribution in [1.29, 1.82) is 0 Å². The van der Waals surface area contributed by atoms with E-state index < -0.39 is 0 Å². The molecular weight excluding hydrogens is 348 g/mol. The molecule has 0 spiro atoms. The molecule has 0 saturated heterocycles. The number of carbonyl (C=O) groups is 1. The lowest BCUT2D eigenvalue weighted by atomic mass is 10.2. The van der Waals surface area contributed by atoms with Gasteiger partial charge in [0.2, 0.25) is 0 Å². The van der Waals surface area contributed by atoms with Crippen LogP contribution in [0.3, 0.4) is 0 Å². The Labute approximate surface area is 155 Å². The first-order chi connectivity index (χ1) is 12.7. The highest BCUT2D eigenvalue weighted by molar-refractivity contribution is 7.13. The maximum Gasteiger partial charge on any atom is 0.273 e. The van der Waals surface area contributed by atoms with Crippen LogP contribution in [-0.2, 0) is 6.54 Å². The Kier molecular flexibility index (Phi) is 4.58. The van der Waals surface area contributed by atoms with E-state index >= 15 is 0 Å². The largest absolute Gasteiger partial charge is 0.486 e. The SMILES string of the molecule is CN(Cc1ccc2c(c1)OCCO2)C(=O)c1csc(-c2ccccc2)n1. The number of fused-ring (bicyclic) bond motifs is 1. The van der Waals surface area contributed by atoms with E-state index in [2.05, 4.69) is 4.98 Å². The summed E-state index contributed by atoms with van der Waals surface area (Å²) in [5, 5.41) is 2.66. The summed E-state index contributed by atoms with van der Waals surface area (Å²) in [4.78, 5) is 18.9. The fraction of sp³-hybridized carbons (Fsp3) is 0.200. The number of hydrogen-bond donors (Lipinski definition) is 0. The van der Waals surface area contributed by atoms with Crippen molar-refractivity contribution in [2.24, 2.45) is 0 Å². The lowest BCUT2D eigenvalue weighted by molar-refractivity contribution is 0.0780. The molecule has 0 N–H and O–H groups in total. The van der Waals surface area contributed by atoms with Crippen molar-refractivity contribution in [3.8, 4) is 22.1 Å². The van der Waals surface area contributed by atoms with Crippen LogP contribution in [0.15, 0.2) is 53.9 Å². The van der Waals surface area contributed by atoms with Crippen LogP contribution in [0.1, 0.15) is 16.1 Å². The molecule has 3 aromatic rings. The summed E-state index contributed by atoms with van der Waals surface area (Å²) in [6.07, 6.45) is 0. The number of carbonyl (C=O) groups excluding carboxylic acids is 1. The Hall–Kier alpha value is -2.86. The van der Waals surface area contributed by atoms with Crippen LogP contribution in [0, 0.1) is 0 Å². The van der Waals surface area contributed by atoms with Crippen molar-refractivity contribution < 1.29 is 14.3 Å². The van der Waals surface area contributed by atoms with Crippen molar-refractivity contribution in [1.82, 2.24) is 9.88 Å². The highest BCUT2D eigenvalue weighted by Gasteiger charge is 2.18. The Morgan fingerprint density at radius 3 is 2.69 bits per heavy atom. The van der Waals surface area contributed by atoms with E-state index in [9.17, 15) is 4.79 Å². The Bertz CT molecular complexity index is 924. The third-order valence-corrected chi connectivity index (χ3v) is 5.01. The van der Waals surface area contributed by atoms with Gasteiger partial charge in [0.15, 0.2) is 11.5 Å². The van der Waals surface area contributed by atoms with Gasteiger partial charge in [-0.1, -0.05) is 36.4 Å². The summed E-state index contributed by atoms with van der Waals surface area (Å²) in [6.45, 7) is 1.60. The maximum absolute atomic E-state index is 12.7. The van der Waals surface area contributed by atoms with Gasteiger partial charge in [0.05, 0.1) is 0 Å². The second-order valence-corrected chi connectivity index (χ2v) is 6.90. The van der Waals surface area contributed by atoms with E-state index in [4.69, 9.17) is 9.47 Å². The van der Waals surface area contributed by atoms with Gasteiger partial charge in [-0.3, -0.25) is 4.79 Å². The summed E-state index contributed by atoms with van der Waals surface area (Å²) < 4.78 is 11.1. The van der Waals surface area contributed by atoms with Crippen LogP contribution in [0.5, 0.6) is 11.5 Å². The van der Waals surface area contributed by atoms with Gasteiger partial charge < -0.3 is 14.4 Å². The number of rotatable bonds is 4. The zero-order valence-electron chi connectivity index (χ0n) is 14.3. The molecule has 6 heteroatoms. The fourth-order valence-corrected chi connectivity index (χ4v) is 3.61. The minimum Gasteiger partial charge on any atom is -0.486 e. The molecule has 1 aromatic heterocycles. The third kappa shape index (κ3) is 3.41. The number of ether oxygens (including phenoxy) is 2. The van der Waals surface area contributed by atoms with Crippen LogP contribution >= 0.6 is 11.3 Å². The first kappa shape index (κ1) is 16.6. The number of hydrogen-bond acceptors (Lipinski definition) is 5. The van der Waals surface area contributed by atoms with Crippen LogP contribution in [0.25, 0.3) is 10.6 Å². The molecule has 2 heterocycles. The number of amides is 1. The molecule has 26 heavy (non-hydrogen) atoms. The lowest BCUT2D eigenvalue weighted by Crippen LogP contribution is -2.26. The molecule has 1 aliphatic rings. The van der Waals surface area contributed by atoms with Crippen molar-refractivity contribution in [2.45, 2.75) is 6.54 Å². The van der Waals surface area contributed by atoms with Crippen LogP contribution in [-0.4, -0.2) is 36.1 Å². The molecule has 0 radical (unpaired) electrons. The van der Waals surface area contributed by atoms with Crippen LogP contribution in [0.2, 0.25) is 0 Å². The van der Waals surface area contributed by atoms with E-state index in [1.54, 1.807) is 11.9 Å². The Morgan fingerprint density at radius 1 is 1.12 bits per heavy atom. The van der Waals surface area contributed by atoms with Gasteiger partial charge in [0.1, 0.15) is 23.9 Å². The summed E-state index contributed by atoms with van der Waals surface area (Å²) in [7, 11) is 1.78. The second-order valence-electron chi connectivity index (χ2n) is 6.04. The average molecular weight is 366 g/mol. The van der Waals surface area contributed by atoms with E-state index in [1.165, 1.54) is 11.3 Å². The molecule has 132 valence electrons. The molecule has 1 aliphatic heterocycles. The van der Waals surface area contributed by atoms with E-state index in [0.717, 1.165) is 27.6 Å². The van der Waals surface area contributed by atoms with Gasteiger partial charge in [-0.2, -0.15) is 0 Å². The Balaban J connectivity index is 1.47. The van der Waals surface area contributed by atoms with Gasteiger partial charge in [-0.05, 0) is 17.7 Å². The predicted octanol–water partition coefficient (Wildman–Crippen LogP) is 3.85. The minimum atomic E-state index is -0.0988. The van der Waals surface area contributed by atoms with E-state index in [1.807, 2.05) is 53.9 Å². The predicted molar refractivity (Wildman–Crippen MR) is 101 cm³/mol. The van der Waals surface area contributed by atoms with Crippen LogP contribution in [0.4, 0.5) is 0 Å². The summed E-state index contributed by atoms with van der Waals surface area (Å²) in [5.41, 5.74) is 2.48. The smallest absolute Gasteiger partial charge is 0.273 e. The molecule has 0 atom stereocenters. The lowest BCUT2D eigenvalue weighted by Gasteiger charge is -2.21. The molecule has 0 saturated carbocycles. The topological polar surface area (TPSA) is 51.7 Å². The quantitative estimate of drug-likeness (QED) is 0.704. The first-order valence-corrected chi connectivity index (χ1v) is 9.23. The zero-order chi connectivity index (χ0) is 17.9. The standard InChI is InChI=1S/C20H18N2O3S/c1-22(12-14-7-8-17-18(11-14)25-10-9-24-17)20(23)16-13-26-19(21-16)15-5-3-2-4-6-15/h2-8,11,13H,9-10,12H2,1H3. The fourth-order valence-electron chi connectivity index (χ4n) is 2.81. The zero-order valence-corrected chi connectivity index (χ0v) is 15.2. The van der Waals surface area contributed by atoms with Gasteiger partial charge in [-0.25, -0.2) is 4.98 Å². The normalized spacial score (nSPS) is 12.7. The van der Waals surface area contributed by atoms with Gasteiger partial charge >= 0.3 is 0 Å². The maximum atomic E-state index is 12.7. The van der Waals surface area contributed by atoms with Gasteiger partial charge in [0.25, 0.3) is 5.91 Å². The van der Waals surface area contributed by atoms with Crippen molar-refractivity contribution in [3.05, 3.63) is 65.2 Å². The molecular formula is C20H18N2O3S. The van der Waals surface area contributed by atoms with Gasteiger partial charge in [-0.15, -0.1) is 11.3 Å². The highest BCUT2D eigenvalue weighted by atomic mass is 32.1. The average Bonchev–Trinajstić information content (AvgIpc) is 3.18. The molecule has 2 aromatic carbocycles. The van der Waals surface area contributed by atoms with Crippen molar-refractivity contribution >= 4 is 17.2 Å². The molecule has 4 rings (SSSR count). The van der Waals surface area contributed by atoms with Crippen molar-refractivity contribution in [3.63, 3.8) is 0 Å².